The Kier molecular flexibility index (Phi) is 6.20. The first-order valence-corrected chi connectivity index (χ1v) is 8.32. The van der Waals surface area contributed by atoms with Gasteiger partial charge < -0.3 is 27.2 Å². The molecule has 1 saturated heterocycles. The van der Waals surface area contributed by atoms with E-state index in [4.69, 9.17) is 11.5 Å². The summed E-state index contributed by atoms with van der Waals surface area (Å²) in [6.45, 7) is 0.355. The van der Waals surface area contributed by atoms with Crippen LogP contribution in [0.1, 0.15) is 44.9 Å². The third-order valence-electron chi connectivity index (χ3n) is 4.74. The molecule has 0 aromatic heterocycles. The standard InChI is InChI=1S/C15H27N5O3/c16-15(17)18-7-3-6-11(14(22)23)20-13(21)12-8-9-4-1-2-5-10(9)19-12/h9-12,19H,1-8H2,(H,20,21)(H,22,23)(H4,16,17,18)/t9?,10?,11-,12-/m0/s1. The van der Waals surface area contributed by atoms with E-state index >= 15 is 0 Å². The number of rotatable bonds is 7. The molecule has 0 bridgehead atoms. The van der Waals surface area contributed by atoms with E-state index in [1.807, 2.05) is 0 Å². The highest BCUT2D eigenvalue weighted by Crippen LogP contribution is 2.33. The van der Waals surface area contributed by atoms with Gasteiger partial charge in [0.25, 0.3) is 0 Å². The highest BCUT2D eigenvalue weighted by molar-refractivity contribution is 5.87. The van der Waals surface area contributed by atoms with E-state index in [2.05, 4.69) is 15.6 Å². The number of carbonyl (C=O) groups is 2. The maximum absolute atomic E-state index is 12.3. The zero-order chi connectivity index (χ0) is 16.8. The van der Waals surface area contributed by atoms with Crippen molar-refractivity contribution in [1.82, 2.24) is 10.6 Å². The molecule has 0 aromatic rings. The molecule has 0 spiro atoms. The van der Waals surface area contributed by atoms with Gasteiger partial charge in [-0.15, -0.1) is 0 Å². The van der Waals surface area contributed by atoms with Crippen LogP contribution < -0.4 is 22.1 Å². The van der Waals surface area contributed by atoms with Gasteiger partial charge in [0.1, 0.15) is 6.04 Å². The number of hydrogen-bond acceptors (Lipinski definition) is 4. The van der Waals surface area contributed by atoms with Crippen molar-refractivity contribution in [2.45, 2.75) is 63.1 Å². The number of nitrogens with one attached hydrogen (secondary N) is 2. The fraction of sp³-hybridized carbons (Fsp3) is 0.800. The SMILES string of the molecule is NC(N)=NCCC[C@H](NC(=O)[C@@H]1CC2CCCCC2N1)C(=O)O. The highest BCUT2D eigenvalue weighted by atomic mass is 16.4. The summed E-state index contributed by atoms with van der Waals surface area (Å²) in [6, 6.07) is -0.770. The first-order valence-electron chi connectivity index (χ1n) is 8.32. The topological polar surface area (TPSA) is 143 Å². The highest BCUT2D eigenvalue weighted by Gasteiger charge is 2.38. The molecule has 2 unspecified atom stereocenters. The Bertz CT molecular complexity index is 450. The molecule has 0 aromatic carbocycles. The molecule has 130 valence electrons. The maximum Gasteiger partial charge on any atom is 0.326 e. The van der Waals surface area contributed by atoms with Crippen LogP contribution in [-0.2, 0) is 9.59 Å². The lowest BCUT2D eigenvalue weighted by molar-refractivity contribution is -0.142. The average molecular weight is 325 g/mol. The summed E-state index contributed by atoms with van der Waals surface area (Å²) in [5.74, 6) is -0.713. The molecular weight excluding hydrogens is 298 g/mol. The van der Waals surface area contributed by atoms with Crippen molar-refractivity contribution in [3.63, 3.8) is 0 Å². The summed E-state index contributed by atoms with van der Waals surface area (Å²) in [7, 11) is 0. The lowest BCUT2D eigenvalue weighted by Crippen LogP contribution is -2.49. The van der Waals surface area contributed by atoms with Crippen LogP contribution in [0.4, 0.5) is 0 Å². The number of nitrogens with two attached hydrogens (primary N) is 2. The van der Waals surface area contributed by atoms with Crippen molar-refractivity contribution >= 4 is 17.8 Å². The summed E-state index contributed by atoms with van der Waals surface area (Å²) < 4.78 is 0. The number of carboxylic acid groups (broad SMARTS) is 1. The molecule has 7 N–H and O–H groups in total. The summed E-state index contributed by atoms with van der Waals surface area (Å²) in [4.78, 5) is 27.5. The lowest BCUT2D eigenvalue weighted by atomic mass is 9.85. The van der Waals surface area contributed by atoms with Crippen LogP contribution in [-0.4, -0.2) is 47.6 Å². The molecule has 1 aliphatic carbocycles. The number of aliphatic carboxylic acids is 1. The first-order chi connectivity index (χ1) is 11.0. The molecular formula is C15H27N5O3. The van der Waals surface area contributed by atoms with Gasteiger partial charge in [0.2, 0.25) is 5.91 Å². The van der Waals surface area contributed by atoms with E-state index < -0.39 is 12.0 Å². The third kappa shape index (κ3) is 5.09. The van der Waals surface area contributed by atoms with Gasteiger partial charge in [-0.2, -0.15) is 0 Å². The van der Waals surface area contributed by atoms with Crippen LogP contribution >= 0.6 is 0 Å². The number of nitrogens with zero attached hydrogens (tertiary/aromatic N) is 1. The van der Waals surface area contributed by atoms with Gasteiger partial charge in [-0.25, -0.2) is 4.79 Å². The Labute approximate surface area is 136 Å². The van der Waals surface area contributed by atoms with E-state index in [1.54, 1.807) is 0 Å². The largest absolute Gasteiger partial charge is 0.480 e. The smallest absolute Gasteiger partial charge is 0.326 e. The lowest BCUT2D eigenvalue weighted by Gasteiger charge is -2.24. The quantitative estimate of drug-likeness (QED) is 0.243. The molecule has 23 heavy (non-hydrogen) atoms. The van der Waals surface area contributed by atoms with Crippen LogP contribution in [0.5, 0.6) is 0 Å². The normalized spacial score (nSPS) is 27.7. The van der Waals surface area contributed by atoms with E-state index in [1.165, 1.54) is 12.8 Å². The predicted octanol–water partition coefficient (Wildman–Crippen LogP) is -0.470. The Morgan fingerprint density at radius 3 is 2.70 bits per heavy atom. The second kappa shape index (κ2) is 8.14. The zero-order valence-corrected chi connectivity index (χ0v) is 13.3. The average Bonchev–Trinajstić information content (AvgIpc) is 2.93. The van der Waals surface area contributed by atoms with E-state index in [0.29, 0.717) is 31.3 Å². The molecule has 1 amide bonds. The molecule has 8 nitrogen and oxygen atoms in total. The molecule has 2 fully saturated rings. The summed E-state index contributed by atoms with van der Waals surface area (Å²) >= 11 is 0. The van der Waals surface area contributed by atoms with Crippen LogP contribution in [0.15, 0.2) is 4.99 Å². The fourth-order valence-corrected chi connectivity index (χ4v) is 3.55. The van der Waals surface area contributed by atoms with Crippen molar-refractivity contribution in [3.05, 3.63) is 0 Å². The van der Waals surface area contributed by atoms with Crippen LogP contribution in [0, 0.1) is 5.92 Å². The monoisotopic (exact) mass is 325 g/mol. The number of carbonyl (C=O) groups excluding carboxylic acids is 1. The number of amides is 1. The van der Waals surface area contributed by atoms with Gasteiger partial charge >= 0.3 is 5.97 Å². The third-order valence-corrected chi connectivity index (χ3v) is 4.74. The molecule has 2 aliphatic rings. The van der Waals surface area contributed by atoms with Gasteiger partial charge in [0, 0.05) is 12.6 Å². The molecule has 1 heterocycles. The number of guanidine groups is 1. The minimum Gasteiger partial charge on any atom is -0.480 e. The maximum atomic E-state index is 12.3. The van der Waals surface area contributed by atoms with Gasteiger partial charge in [0.05, 0.1) is 6.04 Å². The van der Waals surface area contributed by atoms with Gasteiger partial charge in [-0.1, -0.05) is 12.8 Å². The molecule has 2 rings (SSSR count). The number of aliphatic imine (C=N–C) groups is 1. The van der Waals surface area contributed by atoms with Gasteiger partial charge in [0.15, 0.2) is 5.96 Å². The minimum absolute atomic E-state index is 0.0151. The molecule has 1 aliphatic heterocycles. The van der Waals surface area contributed by atoms with Crippen molar-refractivity contribution in [2.75, 3.05) is 6.54 Å². The van der Waals surface area contributed by atoms with E-state index in [9.17, 15) is 14.7 Å². The Hall–Kier alpha value is -1.83. The Balaban J connectivity index is 1.81. The molecule has 8 heteroatoms. The van der Waals surface area contributed by atoms with Crippen molar-refractivity contribution in [1.29, 1.82) is 0 Å². The van der Waals surface area contributed by atoms with Crippen molar-refractivity contribution in [2.24, 2.45) is 22.4 Å². The second-order valence-electron chi connectivity index (χ2n) is 6.45. The predicted molar refractivity (Wildman–Crippen MR) is 86.8 cm³/mol. The number of carboxylic acids is 1. The number of fused-ring (bicyclic) bond motifs is 1. The first kappa shape index (κ1) is 17.5. The van der Waals surface area contributed by atoms with Crippen LogP contribution in [0.3, 0.4) is 0 Å². The van der Waals surface area contributed by atoms with Gasteiger partial charge in [-0.05, 0) is 38.0 Å². The Morgan fingerprint density at radius 1 is 1.30 bits per heavy atom. The second-order valence-corrected chi connectivity index (χ2v) is 6.45. The summed E-state index contributed by atoms with van der Waals surface area (Å²) in [5, 5.41) is 15.3. The van der Waals surface area contributed by atoms with Crippen molar-refractivity contribution < 1.29 is 14.7 Å². The van der Waals surface area contributed by atoms with E-state index in [0.717, 1.165) is 19.3 Å². The molecule has 4 atom stereocenters. The van der Waals surface area contributed by atoms with E-state index in [-0.39, 0.29) is 17.9 Å². The number of hydrogen-bond donors (Lipinski definition) is 5. The van der Waals surface area contributed by atoms with Gasteiger partial charge in [-0.3, -0.25) is 9.79 Å². The van der Waals surface area contributed by atoms with Crippen molar-refractivity contribution in [3.8, 4) is 0 Å². The fourth-order valence-electron chi connectivity index (χ4n) is 3.55. The minimum atomic E-state index is -1.03. The van der Waals surface area contributed by atoms with Crippen LogP contribution in [0.25, 0.3) is 0 Å². The summed E-state index contributed by atoms with van der Waals surface area (Å²) in [6.07, 6.45) is 6.29. The molecule has 1 saturated carbocycles. The Morgan fingerprint density at radius 2 is 2.04 bits per heavy atom. The van der Waals surface area contributed by atoms with Crippen LogP contribution in [0.2, 0.25) is 0 Å². The molecule has 0 radical (unpaired) electrons. The zero-order valence-electron chi connectivity index (χ0n) is 13.3. The summed E-state index contributed by atoms with van der Waals surface area (Å²) in [5.41, 5.74) is 10.4.